The molecule has 1 aliphatic rings. The molecule has 0 saturated carbocycles. The van der Waals surface area contributed by atoms with Gasteiger partial charge in [0.25, 0.3) is 34.6 Å². The Morgan fingerprint density at radius 3 is 2.29 bits per heavy atom. The third-order valence-corrected chi connectivity index (χ3v) is 4.40. The van der Waals surface area contributed by atoms with E-state index in [0.29, 0.717) is 0 Å². The summed E-state index contributed by atoms with van der Waals surface area (Å²) in [5.41, 5.74) is -6.37. The van der Waals surface area contributed by atoms with Crippen molar-refractivity contribution in [3.63, 3.8) is 0 Å². The second-order valence-corrected chi connectivity index (χ2v) is 6.03. The monoisotopic (exact) mass is 396 g/mol. The summed E-state index contributed by atoms with van der Waals surface area (Å²) in [6.45, 7) is 1.02. The van der Waals surface area contributed by atoms with Crippen molar-refractivity contribution in [1.82, 2.24) is 14.9 Å². The second kappa shape index (κ2) is 5.60. The highest BCUT2D eigenvalue weighted by Gasteiger charge is 2.74. The number of hydrogen-bond donors (Lipinski definition) is 6. The summed E-state index contributed by atoms with van der Waals surface area (Å²) in [4.78, 5) is 50.8. The van der Waals surface area contributed by atoms with Crippen LogP contribution in [0, 0.1) is 17.0 Å². The van der Waals surface area contributed by atoms with Gasteiger partial charge in [-0.2, -0.15) is 0 Å². The second-order valence-electron chi connectivity index (χ2n) is 6.03. The number of nitro benzene ring substituents is 1. The van der Waals surface area contributed by atoms with E-state index < -0.39 is 56.5 Å². The minimum atomic E-state index is -4.34. The van der Waals surface area contributed by atoms with Crippen LogP contribution in [0.1, 0.15) is 5.82 Å². The first kappa shape index (κ1) is 19.5. The van der Waals surface area contributed by atoms with Gasteiger partial charge < -0.3 is 25.5 Å². The van der Waals surface area contributed by atoms with Crippen LogP contribution in [0.15, 0.2) is 23.0 Å². The first-order valence-electron chi connectivity index (χ1n) is 7.43. The van der Waals surface area contributed by atoms with Crippen molar-refractivity contribution in [3.05, 3.63) is 44.5 Å². The molecule has 1 aromatic carbocycles. The van der Waals surface area contributed by atoms with E-state index in [4.69, 9.17) is 0 Å². The molecule has 6 N–H and O–H groups in total. The van der Waals surface area contributed by atoms with Gasteiger partial charge in [-0.25, -0.2) is 4.98 Å². The van der Waals surface area contributed by atoms with Crippen molar-refractivity contribution in [3.8, 4) is 0 Å². The number of piperidine rings is 1. The number of carbonyl (C=O) groups is 2. The third kappa shape index (κ3) is 2.14. The van der Waals surface area contributed by atoms with Crippen LogP contribution >= 0.6 is 0 Å². The number of rotatable bonds is 2. The number of aromatic nitrogens is 2. The fraction of sp³-hybridized carbons (Fsp3) is 0.286. The van der Waals surface area contributed by atoms with Crippen molar-refractivity contribution >= 4 is 28.4 Å². The minimum Gasteiger partial charge on any atom is -0.358 e. The molecule has 28 heavy (non-hydrogen) atoms. The van der Waals surface area contributed by atoms with E-state index in [9.17, 15) is 50.0 Å². The van der Waals surface area contributed by atoms with E-state index in [2.05, 4.69) is 4.98 Å². The van der Waals surface area contributed by atoms with E-state index in [0.717, 1.165) is 13.0 Å². The number of aryl methyl sites for hydroxylation is 1. The van der Waals surface area contributed by atoms with E-state index >= 15 is 0 Å². The number of nitro groups is 1. The maximum Gasteiger partial charge on any atom is 0.306 e. The highest BCUT2D eigenvalue weighted by atomic mass is 16.6. The van der Waals surface area contributed by atoms with Gasteiger partial charge in [-0.1, -0.05) is 6.07 Å². The molecule has 1 aromatic heterocycles. The molecule has 148 valence electrons. The number of carbonyl (C=O) groups excluding carboxylic acids is 2. The summed E-state index contributed by atoms with van der Waals surface area (Å²) >= 11 is 0. The van der Waals surface area contributed by atoms with Crippen molar-refractivity contribution in [2.45, 2.75) is 24.2 Å². The van der Waals surface area contributed by atoms with Crippen LogP contribution in [0.4, 0.5) is 5.69 Å². The van der Waals surface area contributed by atoms with Gasteiger partial charge >= 0.3 is 5.79 Å². The molecule has 1 fully saturated rings. The quantitative estimate of drug-likeness (QED) is 0.125. The lowest BCUT2D eigenvalue weighted by atomic mass is 9.87. The molecule has 2 aromatic rings. The fourth-order valence-corrected chi connectivity index (χ4v) is 2.95. The maximum atomic E-state index is 12.9. The maximum absolute atomic E-state index is 12.9. The normalized spacial score (nSPS) is 23.5. The highest BCUT2D eigenvalue weighted by Crippen LogP contribution is 2.37. The molecule has 3 rings (SSSR count). The SMILES string of the molecule is Cc1nc2cccc([N+](=O)[O-])c2c(=O)n1C1(O)C(=O)NC(=O)C(O)(O)C1(O)O. The number of amides is 2. The lowest BCUT2D eigenvalue weighted by molar-refractivity contribution is -0.408. The van der Waals surface area contributed by atoms with Crippen molar-refractivity contribution in [2.24, 2.45) is 0 Å². The van der Waals surface area contributed by atoms with Gasteiger partial charge in [-0.3, -0.25) is 34.4 Å². The highest BCUT2D eigenvalue weighted by molar-refractivity contribution is 6.05. The van der Waals surface area contributed by atoms with E-state index in [1.807, 2.05) is 0 Å². The predicted octanol–water partition coefficient (Wildman–Crippen LogP) is -3.72. The average molecular weight is 396 g/mol. The molecule has 0 radical (unpaired) electrons. The zero-order valence-corrected chi connectivity index (χ0v) is 13.9. The molecule has 0 spiro atoms. The van der Waals surface area contributed by atoms with Crippen molar-refractivity contribution < 1.29 is 40.0 Å². The van der Waals surface area contributed by atoms with Gasteiger partial charge in [-0.05, 0) is 13.0 Å². The summed E-state index contributed by atoms with van der Waals surface area (Å²) < 4.78 is -0.0781. The lowest BCUT2D eigenvalue weighted by Gasteiger charge is -2.47. The number of hydrogen-bond acceptors (Lipinski definition) is 11. The molecular formula is C14H12N4O10. The van der Waals surface area contributed by atoms with Gasteiger partial charge in [0.15, 0.2) is 0 Å². The van der Waals surface area contributed by atoms with Gasteiger partial charge in [0.1, 0.15) is 11.2 Å². The van der Waals surface area contributed by atoms with Crippen LogP contribution in [0.3, 0.4) is 0 Å². The third-order valence-electron chi connectivity index (χ3n) is 4.40. The van der Waals surface area contributed by atoms with Crippen LogP contribution in [0.25, 0.3) is 10.9 Å². The zero-order chi connectivity index (χ0) is 21.2. The molecular weight excluding hydrogens is 384 g/mol. The average Bonchev–Trinajstić information content (AvgIpc) is 2.59. The van der Waals surface area contributed by atoms with Crippen LogP contribution in [-0.2, 0) is 15.3 Å². The Bertz CT molecular complexity index is 1120. The predicted molar refractivity (Wildman–Crippen MR) is 85.1 cm³/mol. The first-order chi connectivity index (χ1) is 12.8. The summed E-state index contributed by atoms with van der Waals surface area (Å²) in [6, 6.07) is 3.35. The molecule has 2 amide bonds. The number of nitrogens with one attached hydrogen (secondary N) is 1. The van der Waals surface area contributed by atoms with Crippen molar-refractivity contribution in [2.75, 3.05) is 0 Å². The Morgan fingerprint density at radius 1 is 1.11 bits per heavy atom. The Balaban J connectivity index is 2.48. The van der Waals surface area contributed by atoms with E-state index in [1.165, 1.54) is 17.4 Å². The number of non-ortho nitro benzene ring substituents is 1. The minimum absolute atomic E-state index is 0.0781. The van der Waals surface area contributed by atoms with E-state index in [1.54, 1.807) is 0 Å². The summed E-state index contributed by atoms with van der Waals surface area (Å²) in [5.74, 6) is -12.9. The van der Waals surface area contributed by atoms with Gasteiger partial charge in [-0.15, -0.1) is 0 Å². The molecule has 1 aliphatic heterocycles. The molecule has 1 unspecified atom stereocenters. The summed E-state index contributed by atoms with van der Waals surface area (Å²) in [6.07, 6.45) is 0. The Labute approximate surface area is 153 Å². The topological polar surface area (TPSA) is 225 Å². The van der Waals surface area contributed by atoms with Crippen LogP contribution in [0.2, 0.25) is 0 Å². The van der Waals surface area contributed by atoms with Crippen LogP contribution in [-0.4, -0.2) is 63.4 Å². The molecule has 1 saturated heterocycles. The fourth-order valence-electron chi connectivity index (χ4n) is 2.95. The number of benzene rings is 1. The largest absolute Gasteiger partial charge is 0.358 e. The Hall–Kier alpha value is -3.30. The number of aliphatic hydroxyl groups is 5. The zero-order valence-electron chi connectivity index (χ0n) is 13.9. The molecule has 2 heterocycles. The van der Waals surface area contributed by atoms with Crippen LogP contribution in [0.5, 0.6) is 0 Å². The molecule has 14 nitrogen and oxygen atoms in total. The molecule has 0 aliphatic carbocycles. The first-order valence-corrected chi connectivity index (χ1v) is 7.43. The van der Waals surface area contributed by atoms with Gasteiger partial charge in [0, 0.05) is 6.07 Å². The smallest absolute Gasteiger partial charge is 0.306 e. The number of nitrogens with zero attached hydrogens (tertiary/aromatic N) is 3. The summed E-state index contributed by atoms with van der Waals surface area (Å²) in [7, 11) is 0. The van der Waals surface area contributed by atoms with Crippen molar-refractivity contribution in [1.29, 1.82) is 0 Å². The van der Waals surface area contributed by atoms with Gasteiger partial charge in [0.2, 0.25) is 0 Å². The number of imide groups is 1. The molecule has 14 heteroatoms. The standard InChI is InChI=1S/C14H12N4O10/c1-5-15-6-3-2-4-7(18(27)28)8(6)9(19)17(5)12(22)10(20)16-11(21)13(23,24)14(12,25)26/h2-4,22-26H,1H3,(H,16,20,21). The lowest BCUT2D eigenvalue weighted by Crippen LogP contribution is -2.82. The number of fused-ring (bicyclic) bond motifs is 1. The van der Waals surface area contributed by atoms with Gasteiger partial charge in [0.05, 0.1) is 10.4 Å². The summed E-state index contributed by atoms with van der Waals surface area (Å²) in [5, 5.41) is 62.2. The Morgan fingerprint density at radius 2 is 1.71 bits per heavy atom. The molecule has 0 bridgehead atoms. The Kier molecular flexibility index (Phi) is 3.89. The van der Waals surface area contributed by atoms with Crippen LogP contribution < -0.4 is 10.9 Å². The van der Waals surface area contributed by atoms with E-state index in [-0.39, 0.29) is 10.1 Å². The molecule has 1 atom stereocenters.